The van der Waals surface area contributed by atoms with Gasteiger partial charge in [-0.25, -0.2) is 28.9 Å². The Morgan fingerprint density at radius 2 is 1.92 bits per heavy atom. The molecule has 0 unspecified atom stereocenters. The highest BCUT2D eigenvalue weighted by atomic mass is 16.5. The summed E-state index contributed by atoms with van der Waals surface area (Å²) in [6.45, 7) is 7.08. The van der Waals surface area contributed by atoms with Crippen LogP contribution in [-0.4, -0.2) is 61.3 Å². The van der Waals surface area contributed by atoms with Crippen LogP contribution in [0.1, 0.15) is 6.92 Å². The summed E-state index contributed by atoms with van der Waals surface area (Å²) in [7, 11) is 0. The topological polar surface area (TPSA) is 131 Å². The fraction of sp³-hybridized carbons (Fsp3) is 0.357. The third-order valence-corrected chi connectivity index (χ3v) is 2.30. The van der Waals surface area contributed by atoms with Crippen molar-refractivity contribution in [2.45, 2.75) is 6.92 Å². The summed E-state index contributed by atoms with van der Waals surface area (Å²) < 4.78 is 9.38. The number of ether oxygens (including phenoxy) is 2. The number of isocyanates is 1. The number of nitrogens with one attached hydrogen (secondary N) is 1. The molecule has 1 N–H and O–H groups in total. The number of urea groups is 2. The second kappa shape index (κ2) is 11.3. The number of imide groups is 1. The molecule has 0 aliphatic rings. The van der Waals surface area contributed by atoms with Gasteiger partial charge in [0.1, 0.15) is 13.2 Å². The predicted molar refractivity (Wildman–Crippen MR) is 80.6 cm³/mol. The van der Waals surface area contributed by atoms with Crippen LogP contribution in [0, 0.1) is 0 Å². The average Bonchev–Trinajstić information content (AvgIpc) is 2.54. The third-order valence-electron chi connectivity index (χ3n) is 2.30. The number of carbonyl (C=O) groups is 4. The van der Waals surface area contributed by atoms with E-state index in [9.17, 15) is 24.0 Å². The van der Waals surface area contributed by atoms with Gasteiger partial charge in [-0.05, 0) is 6.92 Å². The minimum absolute atomic E-state index is 0.0987. The Balaban J connectivity index is 4.55. The quantitative estimate of drug-likeness (QED) is 0.221. The van der Waals surface area contributed by atoms with Crippen molar-refractivity contribution >= 4 is 30.1 Å². The number of amides is 4. The van der Waals surface area contributed by atoms with Gasteiger partial charge in [0.05, 0.1) is 13.1 Å². The lowest BCUT2D eigenvalue weighted by molar-refractivity contribution is -0.139. The second-order valence-electron chi connectivity index (χ2n) is 4.16. The van der Waals surface area contributed by atoms with E-state index >= 15 is 0 Å². The fourth-order valence-electron chi connectivity index (χ4n) is 1.20. The molecule has 0 aromatic heterocycles. The van der Waals surface area contributed by atoms with Gasteiger partial charge >= 0.3 is 24.0 Å². The Bertz CT molecular complexity index is 579. The van der Waals surface area contributed by atoms with Crippen molar-refractivity contribution in [2.75, 3.05) is 26.3 Å². The molecular weight excluding hydrogens is 322 g/mol. The van der Waals surface area contributed by atoms with Crippen LogP contribution >= 0.6 is 0 Å². The molecule has 0 heterocycles. The zero-order valence-corrected chi connectivity index (χ0v) is 13.1. The van der Waals surface area contributed by atoms with Crippen molar-refractivity contribution in [3.05, 3.63) is 24.8 Å². The minimum atomic E-state index is -1.18. The second-order valence-corrected chi connectivity index (χ2v) is 4.16. The van der Waals surface area contributed by atoms with Crippen LogP contribution in [0.2, 0.25) is 0 Å². The number of nitrogens with zero attached hydrogens (tertiary/aromatic N) is 2. The summed E-state index contributed by atoms with van der Waals surface area (Å²) in [4.78, 5) is 59.0. The molecular formula is C14H17N3O7. The largest absolute Gasteiger partial charge is 0.461 e. The Morgan fingerprint density at radius 1 is 1.25 bits per heavy atom. The molecule has 0 radical (unpaired) electrons. The van der Waals surface area contributed by atoms with Gasteiger partial charge in [0.15, 0.2) is 0 Å². The summed E-state index contributed by atoms with van der Waals surface area (Å²) in [6, 6.07) is -2.10. The Labute approximate surface area is 137 Å². The van der Waals surface area contributed by atoms with E-state index in [2.05, 4.69) is 28.2 Å². The SMILES string of the molecule is C=CC(=O)OCCNC(=O)N(CCOC(=O)C(=C)C)C(=O)N=C=O. The first-order valence-electron chi connectivity index (χ1n) is 6.62. The lowest BCUT2D eigenvalue weighted by Crippen LogP contribution is -2.45. The first kappa shape index (κ1) is 20.7. The number of rotatable bonds is 8. The van der Waals surface area contributed by atoms with Crippen molar-refractivity contribution in [1.29, 1.82) is 0 Å². The van der Waals surface area contributed by atoms with Crippen LogP contribution in [0.3, 0.4) is 0 Å². The average molecular weight is 339 g/mol. The van der Waals surface area contributed by atoms with Crippen molar-refractivity contribution in [2.24, 2.45) is 4.99 Å². The Kier molecular flexibility index (Phi) is 9.79. The van der Waals surface area contributed by atoms with Crippen LogP contribution in [0.25, 0.3) is 0 Å². The van der Waals surface area contributed by atoms with Crippen molar-refractivity contribution in [3.8, 4) is 0 Å². The summed E-state index contributed by atoms with van der Waals surface area (Å²) in [6.07, 6.45) is 1.96. The van der Waals surface area contributed by atoms with E-state index in [4.69, 9.17) is 4.74 Å². The first-order valence-corrected chi connectivity index (χ1v) is 6.62. The maximum absolute atomic E-state index is 11.9. The maximum atomic E-state index is 11.9. The van der Waals surface area contributed by atoms with E-state index in [-0.39, 0.29) is 31.9 Å². The number of carbonyl (C=O) groups excluding carboxylic acids is 5. The van der Waals surface area contributed by atoms with Crippen LogP contribution in [0.5, 0.6) is 0 Å². The highest BCUT2D eigenvalue weighted by molar-refractivity contribution is 5.95. The van der Waals surface area contributed by atoms with E-state index in [1.54, 1.807) is 0 Å². The summed E-state index contributed by atoms with van der Waals surface area (Å²) >= 11 is 0. The van der Waals surface area contributed by atoms with E-state index < -0.39 is 24.0 Å². The zero-order valence-electron chi connectivity index (χ0n) is 13.1. The van der Waals surface area contributed by atoms with Gasteiger partial charge in [0, 0.05) is 11.6 Å². The smallest absolute Gasteiger partial charge is 0.362 e. The molecule has 0 aromatic carbocycles. The molecule has 0 fully saturated rings. The Hall–Kier alpha value is -3.26. The standard InChI is InChI=1S/C14H17N3O7/c1-4-11(19)23-7-5-15-13(21)17(14(22)16-9-18)6-8-24-12(20)10(2)3/h4H,1-2,5-8H2,3H3,(H,15,21). The molecule has 0 aromatic rings. The van der Waals surface area contributed by atoms with E-state index in [0.29, 0.717) is 4.90 Å². The van der Waals surface area contributed by atoms with Crippen LogP contribution in [0.4, 0.5) is 9.59 Å². The molecule has 0 rings (SSSR count). The molecule has 0 bridgehead atoms. The highest BCUT2D eigenvalue weighted by Crippen LogP contribution is 1.97. The number of aliphatic imine (C=N–C) groups is 1. The molecule has 0 aliphatic carbocycles. The molecule has 130 valence electrons. The molecule has 0 aliphatic heterocycles. The van der Waals surface area contributed by atoms with Gasteiger partial charge in [0.25, 0.3) is 0 Å². The van der Waals surface area contributed by atoms with Gasteiger partial charge in [-0.3, -0.25) is 0 Å². The van der Waals surface area contributed by atoms with Gasteiger partial charge in [-0.2, -0.15) is 0 Å². The van der Waals surface area contributed by atoms with Gasteiger partial charge in [-0.1, -0.05) is 13.2 Å². The molecule has 0 saturated heterocycles. The molecule has 0 saturated carbocycles. The number of hydrogen-bond acceptors (Lipinski definition) is 7. The van der Waals surface area contributed by atoms with Gasteiger partial charge < -0.3 is 14.8 Å². The number of esters is 2. The van der Waals surface area contributed by atoms with E-state index in [0.717, 1.165) is 12.2 Å². The lowest BCUT2D eigenvalue weighted by Gasteiger charge is -2.18. The molecule has 0 atom stereocenters. The van der Waals surface area contributed by atoms with Crippen LogP contribution < -0.4 is 5.32 Å². The summed E-state index contributed by atoms with van der Waals surface area (Å²) in [5.41, 5.74) is 0.146. The molecule has 10 heteroatoms. The van der Waals surface area contributed by atoms with E-state index in [1.807, 2.05) is 0 Å². The van der Waals surface area contributed by atoms with E-state index in [1.165, 1.54) is 6.92 Å². The molecule has 4 amide bonds. The monoisotopic (exact) mass is 339 g/mol. The lowest BCUT2D eigenvalue weighted by atomic mass is 10.4. The fourth-order valence-corrected chi connectivity index (χ4v) is 1.20. The minimum Gasteiger partial charge on any atom is -0.461 e. The van der Waals surface area contributed by atoms with Crippen LogP contribution in [0.15, 0.2) is 29.8 Å². The molecule has 10 nitrogen and oxygen atoms in total. The Morgan fingerprint density at radius 3 is 2.46 bits per heavy atom. The predicted octanol–water partition coefficient (Wildman–Crippen LogP) is 0.302. The van der Waals surface area contributed by atoms with Gasteiger partial charge in [-0.15, -0.1) is 4.99 Å². The van der Waals surface area contributed by atoms with Crippen molar-refractivity contribution < 1.29 is 33.4 Å². The maximum Gasteiger partial charge on any atom is 0.362 e. The third kappa shape index (κ3) is 8.25. The van der Waals surface area contributed by atoms with Crippen molar-refractivity contribution in [3.63, 3.8) is 0 Å². The molecule has 0 spiro atoms. The van der Waals surface area contributed by atoms with Crippen molar-refractivity contribution in [1.82, 2.24) is 10.2 Å². The summed E-state index contributed by atoms with van der Waals surface area (Å²) in [5, 5.41) is 2.27. The molecule has 24 heavy (non-hydrogen) atoms. The first-order chi connectivity index (χ1) is 11.3. The summed E-state index contributed by atoms with van der Waals surface area (Å²) in [5.74, 6) is -1.37. The zero-order chi connectivity index (χ0) is 18.5. The van der Waals surface area contributed by atoms with Gasteiger partial charge in [0.2, 0.25) is 6.08 Å². The van der Waals surface area contributed by atoms with Crippen LogP contribution in [-0.2, 0) is 23.9 Å². The number of hydrogen-bond donors (Lipinski definition) is 1. The highest BCUT2D eigenvalue weighted by Gasteiger charge is 2.21. The normalized spacial score (nSPS) is 9.04.